The molecule has 1 aliphatic rings. The predicted octanol–water partition coefficient (Wildman–Crippen LogP) is 2.56. The Morgan fingerprint density at radius 3 is 2.81 bits per heavy atom. The number of halogens is 1. The van der Waals surface area contributed by atoms with Gasteiger partial charge in [0.25, 0.3) is 5.91 Å². The highest BCUT2D eigenvalue weighted by Crippen LogP contribution is 2.27. The largest absolute Gasteiger partial charge is 0.495 e. The first-order chi connectivity index (χ1) is 12.5. The number of hydrogen-bond donors (Lipinski definition) is 1. The van der Waals surface area contributed by atoms with Gasteiger partial charge in [-0.15, -0.1) is 0 Å². The van der Waals surface area contributed by atoms with Gasteiger partial charge in [0.1, 0.15) is 5.75 Å². The summed E-state index contributed by atoms with van der Waals surface area (Å²) in [4.78, 5) is 26.7. The number of rotatable bonds is 4. The van der Waals surface area contributed by atoms with Gasteiger partial charge in [0.2, 0.25) is 5.91 Å². The van der Waals surface area contributed by atoms with Crippen LogP contribution in [0.3, 0.4) is 0 Å². The highest BCUT2D eigenvalue weighted by Gasteiger charge is 2.27. The highest BCUT2D eigenvalue weighted by atomic mass is 35.5. The van der Waals surface area contributed by atoms with E-state index in [-0.39, 0.29) is 17.7 Å². The zero-order valence-corrected chi connectivity index (χ0v) is 15.6. The lowest BCUT2D eigenvalue weighted by molar-refractivity contribution is -0.121. The van der Waals surface area contributed by atoms with Crippen molar-refractivity contribution in [2.45, 2.75) is 19.5 Å². The Kier molecular flexibility index (Phi) is 5.52. The minimum Gasteiger partial charge on any atom is -0.495 e. The van der Waals surface area contributed by atoms with Crippen LogP contribution >= 0.6 is 11.6 Å². The molecule has 0 saturated heterocycles. The number of ether oxygens (including phenoxy) is 1. The van der Waals surface area contributed by atoms with Crippen molar-refractivity contribution in [3.8, 4) is 5.75 Å². The smallest absolute Gasteiger partial charge is 0.254 e. The molecule has 1 atom stereocenters. The van der Waals surface area contributed by atoms with Gasteiger partial charge in [-0.2, -0.15) is 0 Å². The van der Waals surface area contributed by atoms with Gasteiger partial charge in [-0.3, -0.25) is 9.59 Å². The molecule has 1 aliphatic heterocycles. The second-order valence-corrected chi connectivity index (χ2v) is 6.84. The lowest BCUT2D eigenvalue weighted by Gasteiger charge is -2.24. The summed E-state index contributed by atoms with van der Waals surface area (Å²) in [5, 5.41) is 3.06. The summed E-state index contributed by atoms with van der Waals surface area (Å²) in [6, 6.07) is 9.00. The average molecular weight is 376 g/mol. The summed E-state index contributed by atoms with van der Waals surface area (Å²) in [6.45, 7) is 1.72. The number of amides is 2. The van der Waals surface area contributed by atoms with Crippen LogP contribution in [0.5, 0.6) is 5.75 Å². The molecule has 1 aromatic carbocycles. The van der Waals surface area contributed by atoms with Crippen molar-refractivity contribution in [2.75, 3.05) is 20.7 Å². The normalized spacial score (nSPS) is 16.6. The van der Waals surface area contributed by atoms with Crippen LogP contribution in [0, 0.1) is 5.92 Å². The van der Waals surface area contributed by atoms with Crippen LogP contribution in [0.2, 0.25) is 5.02 Å². The van der Waals surface area contributed by atoms with Gasteiger partial charge in [0.15, 0.2) is 0 Å². The topological polar surface area (TPSA) is 63.6 Å². The molecule has 3 rings (SSSR count). The van der Waals surface area contributed by atoms with E-state index in [4.69, 9.17) is 16.3 Å². The molecule has 7 heteroatoms. The van der Waals surface area contributed by atoms with Crippen LogP contribution in [-0.2, 0) is 17.9 Å². The van der Waals surface area contributed by atoms with Gasteiger partial charge < -0.3 is 19.5 Å². The first-order valence-corrected chi connectivity index (χ1v) is 8.87. The number of benzene rings is 1. The monoisotopic (exact) mass is 375 g/mol. The quantitative estimate of drug-likeness (QED) is 0.893. The Hall–Kier alpha value is -2.47. The summed E-state index contributed by atoms with van der Waals surface area (Å²) in [5.74, 6) is 0.448. The van der Waals surface area contributed by atoms with Crippen LogP contribution in [0.25, 0.3) is 0 Å². The number of methoxy groups -OCH3 is 1. The number of nitrogens with zero attached hydrogens (tertiary/aromatic N) is 2. The third-order valence-corrected chi connectivity index (χ3v) is 4.94. The van der Waals surface area contributed by atoms with Crippen LogP contribution in [0.15, 0.2) is 36.5 Å². The first-order valence-electron chi connectivity index (χ1n) is 8.49. The molecule has 0 aliphatic carbocycles. The number of aromatic nitrogens is 1. The fourth-order valence-corrected chi connectivity index (χ4v) is 3.57. The predicted molar refractivity (Wildman–Crippen MR) is 99.4 cm³/mol. The average Bonchev–Trinajstić information content (AvgIpc) is 2.99. The summed E-state index contributed by atoms with van der Waals surface area (Å²) in [5.41, 5.74) is 1.56. The maximum atomic E-state index is 13.1. The van der Waals surface area contributed by atoms with Crippen molar-refractivity contribution in [2.24, 2.45) is 5.92 Å². The Morgan fingerprint density at radius 1 is 1.31 bits per heavy atom. The Bertz CT molecular complexity index is 818. The molecule has 2 aromatic rings. The van der Waals surface area contributed by atoms with Gasteiger partial charge in [-0.25, -0.2) is 0 Å². The van der Waals surface area contributed by atoms with Crippen LogP contribution in [-0.4, -0.2) is 42.0 Å². The minimum absolute atomic E-state index is 0.0227. The van der Waals surface area contributed by atoms with E-state index < -0.39 is 0 Å². The van der Waals surface area contributed by atoms with Crippen molar-refractivity contribution in [3.63, 3.8) is 0 Å². The van der Waals surface area contributed by atoms with E-state index >= 15 is 0 Å². The third-order valence-electron chi connectivity index (χ3n) is 4.65. The Labute approximate surface area is 157 Å². The van der Waals surface area contributed by atoms with Gasteiger partial charge in [0.05, 0.1) is 18.7 Å². The van der Waals surface area contributed by atoms with E-state index in [1.807, 2.05) is 18.3 Å². The maximum Gasteiger partial charge on any atom is 0.254 e. The zero-order valence-electron chi connectivity index (χ0n) is 14.9. The lowest BCUT2D eigenvalue weighted by Crippen LogP contribution is -2.35. The maximum absolute atomic E-state index is 13.1. The molecular weight excluding hydrogens is 354 g/mol. The van der Waals surface area contributed by atoms with Crippen molar-refractivity contribution in [3.05, 3.63) is 52.8 Å². The molecule has 0 fully saturated rings. The van der Waals surface area contributed by atoms with E-state index in [9.17, 15) is 9.59 Å². The number of carbonyl (C=O) groups is 2. The summed E-state index contributed by atoms with van der Waals surface area (Å²) >= 11 is 6.17. The molecule has 2 amide bonds. The molecule has 1 unspecified atom stereocenters. The van der Waals surface area contributed by atoms with Crippen LogP contribution in [0.4, 0.5) is 0 Å². The fraction of sp³-hybridized carbons (Fsp3) is 0.368. The van der Waals surface area contributed by atoms with E-state index in [0.717, 1.165) is 5.69 Å². The standard InChI is InChI=1S/C19H22ClN3O3/c1-21-18(24)8-13-10-22-7-3-4-15(22)12-23(11-13)19(25)14-5-6-17(26-2)16(20)9-14/h3-7,9,13H,8,10-12H2,1-2H3,(H,21,24). The first kappa shape index (κ1) is 18.3. The number of carbonyl (C=O) groups excluding carboxylic acids is 2. The lowest BCUT2D eigenvalue weighted by atomic mass is 10.0. The molecule has 6 nitrogen and oxygen atoms in total. The molecule has 1 N–H and O–H groups in total. The molecule has 0 radical (unpaired) electrons. The number of fused-ring (bicyclic) bond motifs is 1. The summed E-state index contributed by atoms with van der Waals surface area (Å²) in [6.07, 6.45) is 2.37. The molecular formula is C19H22ClN3O3. The highest BCUT2D eigenvalue weighted by molar-refractivity contribution is 6.32. The van der Waals surface area contributed by atoms with Crippen molar-refractivity contribution in [1.82, 2.24) is 14.8 Å². The molecule has 26 heavy (non-hydrogen) atoms. The van der Waals surface area contributed by atoms with Crippen LogP contribution < -0.4 is 10.1 Å². The van der Waals surface area contributed by atoms with Crippen molar-refractivity contribution < 1.29 is 14.3 Å². The number of nitrogens with one attached hydrogen (secondary N) is 1. The van der Waals surface area contributed by atoms with Gasteiger partial charge >= 0.3 is 0 Å². The van der Waals surface area contributed by atoms with E-state index in [2.05, 4.69) is 9.88 Å². The number of hydrogen-bond acceptors (Lipinski definition) is 3. The zero-order chi connectivity index (χ0) is 18.7. The molecule has 0 bridgehead atoms. The summed E-state index contributed by atoms with van der Waals surface area (Å²) < 4.78 is 7.26. The SMILES string of the molecule is CNC(=O)CC1CN(C(=O)c2ccc(OC)c(Cl)c2)Cc2cccn2C1. The molecule has 138 valence electrons. The Balaban J connectivity index is 1.86. The second-order valence-electron chi connectivity index (χ2n) is 6.43. The van der Waals surface area contributed by atoms with Gasteiger partial charge in [-0.1, -0.05) is 11.6 Å². The third kappa shape index (κ3) is 3.85. The van der Waals surface area contributed by atoms with E-state index in [1.54, 1.807) is 30.1 Å². The second kappa shape index (κ2) is 7.83. The van der Waals surface area contributed by atoms with Gasteiger partial charge in [0, 0.05) is 49.9 Å². The fourth-order valence-electron chi connectivity index (χ4n) is 3.31. The van der Waals surface area contributed by atoms with E-state index in [1.165, 1.54) is 7.11 Å². The molecule has 0 saturated carbocycles. The Morgan fingerprint density at radius 2 is 2.12 bits per heavy atom. The van der Waals surface area contributed by atoms with E-state index in [0.29, 0.717) is 42.4 Å². The van der Waals surface area contributed by atoms with Crippen molar-refractivity contribution in [1.29, 1.82) is 0 Å². The molecule has 0 spiro atoms. The molecule has 2 heterocycles. The summed E-state index contributed by atoms with van der Waals surface area (Å²) in [7, 11) is 3.16. The molecule has 1 aromatic heterocycles. The minimum atomic E-state index is -0.105. The van der Waals surface area contributed by atoms with Gasteiger partial charge in [-0.05, 0) is 30.3 Å². The van der Waals surface area contributed by atoms with Crippen LogP contribution in [0.1, 0.15) is 22.5 Å². The van der Waals surface area contributed by atoms with Crippen molar-refractivity contribution >= 4 is 23.4 Å².